The van der Waals surface area contributed by atoms with E-state index in [4.69, 9.17) is 16.3 Å². The maximum Gasteiger partial charge on any atom is 0.145 e. The lowest BCUT2D eigenvalue weighted by Crippen LogP contribution is -1.98. The number of halogens is 1. The van der Waals surface area contributed by atoms with Gasteiger partial charge in [-0.25, -0.2) is 4.98 Å². The summed E-state index contributed by atoms with van der Waals surface area (Å²) < 4.78 is 7.68. The lowest BCUT2D eigenvalue weighted by Gasteiger charge is -2.10. The Labute approximate surface area is 133 Å². The van der Waals surface area contributed by atoms with E-state index in [1.54, 1.807) is 42.9 Å². The second kappa shape index (κ2) is 6.33. The first-order chi connectivity index (χ1) is 10.7. The van der Waals surface area contributed by atoms with Crippen LogP contribution in [0.3, 0.4) is 0 Å². The highest BCUT2D eigenvalue weighted by Crippen LogP contribution is 2.27. The van der Waals surface area contributed by atoms with Crippen molar-refractivity contribution in [2.45, 2.75) is 6.54 Å². The summed E-state index contributed by atoms with van der Waals surface area (Å²) in [6.45, 7) is 0.659. The largest absolute Gasteiger partial charge is 0.456 e. The third-order valence-corrected chi connectivity index (χ3v) is 3.35. The smallest absolute Gasteiger partial charge is 0.145 e. The minimum Gasteiger partial charge on any atom is -0.456 e. The number of benzene rings is 2. The van der Waals surface area contributed by atoms with Crippen molar-refractivity contribution in [3.8, 4) is 17.6 Å². The van der Waals surface area contributed by atoms with E-state index in [1.807, 2.05) is 22.9 Å². The summed E-state index contributed by atoms with van der Waals surface area (Å²) in [5.41, 5.74) is 1.49. The van der Waals surface area contributed by atoms with Gasteiger partial charge >= 0.3 is 0 Å². The Balaban J connectivity index is 1.84. The van der Waals surface area contributed by atoms with Gasteiger partial charge in [-0.05, 0) is 35.9 Å². The van der Waals surface area contributed by atoms with E-state index < -0.39 is 0 Å². The van der Waals surface area contributed by atoms with Gasteiger partial charge in [-0.15, -0.1) is 0 Å². The Morgan fingerprint density at radius 1 is 1.23 bits per heavy atom. The predicted molar refractivity (Wildman–Crippen MR) is 84.0 cm³/mol. The average molecular weight is 310 g/mol. The van der Waals surface area contributed by atoms with Crippen molar-refractivity contribution in [3.63, 3.8) is 0 Å². The summed E-state index contributed by atoms with van der Waals surface area (Å²) in [4.78, 5) is 4.00. The fourth-order valence-electron chi connectivity index (χ4n) is 2.10. The van der Waals surface area contributed by atoms with Crippen molar-refractivity contribution in [1.82, 2.24) is 9.55 Å². The number of hydrogen-bond acceptors (Lipinski definition) is 3. The molecule has 0 bridgehead atoms. The van der Waals surface area contributed by atoms with Crippen molar-refractivity contribution < 1.29 is 4.74 Å². The normalized spacial score (nSPS) is 10.2. The number of nitriles is 1. The zero-order chi connectivity index (χ0) is 15.4. The maximum absolute atomic E-state index is 9.33. The highest BCUT2D eigenvalue weighted by molar-refractivity contribution is 6.30. The average Bonchev–Trinajstić information content (AvgIpc) is 3.02. The fraction of sp³-hybridized carbons (Fsp3) is 0.0588. The van der Waals surface area contributed by atoms with Crippen LogP contribution in [-0.4, -0.2) is 9.55 Å². The molecule has 0 unspecified atom stereocenters. The summed E-state index contributed by atoms with van der Waals surface area (Å²) >= 11 is 5.94. The number of nitrogens with zero attached hydrogens (tertiary/aromatic N) is 3. The van der Waals surface area contributed by atoms with Gasteiger partial charge in [0.25, 0.3) is 0 Å². The minimum absolute atomic E-state index is 0.484. The van der Waals surface area contributed by atoms with Crippen LogP contribution in [0, 0.1) is 11.3 Å². The van der Waals surface area contributed by atoms with E-state index in [0.29, 0.717) is 28.6 Å². The van der Waals surface area contributed by atoms with Crippen molar-refractivity contribution in [2.24, 2.45) is 0 Å². The number of ether oxygens (including phenoxy) is 1. The molecule has 3 aromatic rings. The van der Waals surface area contributed by atoms with E-state index in [9.17, 15) is 5.26 Å². The van der Waals surface area contributed by atoms with Crippen LogP contribution in [0.1, 0.15) is 11.1 Å². The molecule has 0 amide bonds. The zero-order valence-corrected chi connectivity index (χ0v) is 12.4. The molecule has 0 aliphatic carbocycles. The van der Waals surface area contributed by atoms with Crippen LogP contribution in [-0.2, 0) is 6.54 Å². The predicted octanol–water partition coefficient (Wildman–Crippen LogP) is 4.25. The van der Waals surface area contributed by atoms with E-state index in [2.05, 4.69) is 11.1 Å². The van der Waals surface area contributed by atoms with E-state index in [1.165, 1.54) is 0 Å². The van der Waals surface area contributed by atoms with Crippen LogP contribution < -0.4 is 4.74 Å². The van der Waals surface area contributed by atoms with Gasteiger partial charge in [-0.1, -0.05) is 23.7 Å². The second-order valence-corrected chi connectivity index (χ2v) is 5.17. The zero-order valence-electron chi connectivity index (χ0n) is 11.6. The lowest BCUT2D eigenvalue weighted by molar-refractivity contribution is 0.481. The van der Waals surface area contributed by atoms with E-state index in [0.717, 1.165) is 5.56 Å². The van der Waals surface area contributed by atoms with Gasteiger partial charge in [0.05, 0.1) is 11.9 Å². The molecule has 0 saturated carbocycles. The standard InChI is InChI=1S/C17H12ClN3O/c18-15-2-1-3-16(9-15)22-17-5-4-13(8-14(17)10-19)11-21-7-6-20-12-21/h1-9,12H,11H2. The van der Waals surface area contributed by atoms with Gasteiger partial charge < -0.3 is 9.30 Å². The third-order valence-electron chi connectivity index (χ3n) is 3.11. The van der Waals surface area contributed by atoms with Crippen LogP contribution in [0.4, 0.5) is 0 Å². The van der Waals surface area contributed by atoms with Gasteiger partial charge in [0, 0.05) is 24.0 Å². The second-order valence-electron chi connectivity index (χ2n) is 4.74. The van der Waals surface area contributed by atoms with Crippen LogP contribution in [0.5, 0.6) is 11.5 Å². The van der Waals surface area contributed by atoms with Gasteiger partial charge in [-0.3, -0.25) is 0 Å². The van der Waals surface area contributed by atoms with Crippen molar-refractivity contribution in [2.75, 3.05) is 0 Å². The highest BCUT2D eigenvalue weighted by Gasteiger charge is 2.07. The summed E-state index contributed by atoms with van der Waals surface area (Å²) in [6.07, 6.45) is 5.34. The third kappa shape index (κ3) is 3.27. The monoisotopic (exact) mass is 309 g/mol. The number of hydrogen-bond donors (Lipinski definition) is 0. The first kappa shape index (κ1) is 14.2. The molecule has 0 N–H and O–H groups in total. The van der Waals surface area contributed by atoms with Gasteiger partial charge in [-0.2, -0.15) is 5.26 Å². The summed E-state index contributed by atoms with van der Waals surface area (Å²) in [6, 6.07) is 14.8. The molecule has 0 aliphatic rings. The first-order valence-corrected chi connectivity index (χ1v) is 7.04. The van der Waals surface area contributed by atoms with Gasteiger partial charge in [0.15, 0.2) is 0 Å². The van der Waals surface area contributed by atoms with Gasteiger partial charge in [0.1, 0.15) is 17.6 Å². The summed E-state index contributed by atoms with van der Waals surface area (Å²) in [5.74, 6) is 1.12. The molecule has 5 heteroatoms. The molecule has 2 aromatic carbocycles. The van der Waals surface area contributed by atoms with Crippen molar-refractivity contribution in [3.05, 3.63) is 77.3 Å². The van der Waals surface area contributed by atoms with Crippen molar-refractivity contribution >= 4 is 11.6 Å². The SMILES string of the molecule is N#Cc1cc(Cn2ccnc2)ccc1Oc1cccc(Cl)c1. The van der Waals surface area contributed by atoms with Crippen LogP contribution in [0.2, 0.25) is 5.02 Å². The van der Waals surface area contributed by atoms with Crippen molar-refractivity contribution in [1.29, 1.82) is 5.26 Å². The highest BCUT2D eigenvalue weighted by atomic mass is 35.5. The van der Waals surface area contributed by atoms with Gasteiger partial charge in [0.2, 0.25) is 0 Å². The molecule has 4 nitrogen and oxygen atoms in total. The minimum atomic E-state index is 0.484. The lowest BCUT2D eigenvalue weighted by atomic mass is 10.1. The number of imidazole rings is 1. The molecule has 0 saturated heterocycles. The molecule has 0 atom stereocenters. The number of aromatic nitrogens is 2. The molecular formula is C17H12ClN3O. The quantitative estimate of drug-likeness (QED) is 0.724. The molecule has 3 rings (SSSR count). The summed E-state index contributed by atoms with van der Waals surface area (Å²) in [7, 11) is 0. The van der Waals surface area contributed by atoms with E-state index in [-0.39, 0.29) is 0 Å². The van der Waals surface area contributed by atoms with E-state index >= 15 is 0 Å². The molecule has 0 radical (unpaired) electrons. The summed E-state index contributed by atoms with van der Waals surface area (Å²) in [5, 5.41) is 9.92. The first-order valence-electron chi connectivity index (χ1n) is 6.67. The van der Waals surface area contributed by atoms with Crippen LogP contribution in [0.15, 0.2) is 61.2 Å². The maximum atomic E-state index is 9.33. The Hall–Kier alpha value is -2.77. The molecule has 108 valence electrons. The topological polar surface area (TPSA) is 50.8 Å². The van der Waals surface area contributed by atoms with Crippen LogP contribution >= 0.6 is 11.6 Å². The Bertz CT molecular complexity index is 822. The molecule has 0 spiro atoms. The molecule has 22 heavy (non-hydrogen) atoms. The molecule has 1 aromatic heterocycles. The Morgan fingerprint density at radius 3 is 2.86 bits per heavy atom. The molecule has 0 fully saturated rings. The Morgan fingerprint density at radius 2 is 2.14 bits per heavy atom. The molecular weight excluding hydrogens is 298 g/mol. The fourth-order valence-corrected chi connectivity index (χ4v) is 2.28. The molecule has 0 aliphatic heterocycles. The molecule has 1 heterocycles. The Kier molecular flexibility index (Phi) is 4.08. The van der Waals surface area contributed by atoms with Crippen LogP contribution in [0.25, 0.3) is 0 Å². The number of rotatable bonds is 4.